The van der Waals surface area contributed by atoms with E-state index in [2.05, 4.69) is 20.7 Å². The van der Waals surface area contributed by atoms with E-state index in [1.165, 1.54) is 6.07 Å². The highest BCUT2D eigenvalue weighted by Gasteiger charge is 2.09. The quantitative estimate of drug-likeness (QED) is 0.896. The summed E-state index contributed by atoms with van der Waals surface area (Å²) in [5.74, 6) is 0.109. The molecule has 0 heterocycles. The molecule has 2 N–H and O–H groups in total. The van der Waals surface area contributed by atoms with E-state index in [0.29, 0.717) is 4.47 Å². The first-order chi connectivity index (χ1) is 6.15. The van der Waals surface area contributed by atoms with Crippen LogP contribution in [0.3, 0.4) is 0 Å². The average molecular weight is 252 g/mol. The van der Waals surface area contributed by atoms with Crippen molar-refractivity contribution in [3.63, 3.8) is 0 Å². The molecule has 0 unspecified atom stereocenters. The molecule has 0 aromatic heterocycles. The molecule has 1 aromatic carbocycles. The predicted molar refractivity (Wildman–Crippen MR) is 48.7 cm³/mol. The number of nitrogens with two attached hydrogens (primary N) is 1. The van der Waals surface area contributed by atoms with Crippen LogP contribution in [0.4, 0.5) is 8.78 Å². The van der Waals surface area contributed by atoms with Crippen LogP contribution in [0.25, 0.3) is 0 Å². The molecule has 0 radical (unpaired) electrons. The van der Waals surface area contributed by atoms with Crippen LogP contribution in [0, 0.1) is 0 Å². The van der Waals surface area contributed by atoms with Gasteiger partial charge in [-0.1, -0.05) is 12.1 Å². The first-order valence-electron chi connectivity index (χ1n) is 3.57. The summed E-state index contributed by atoms with van der Waals surface area (Å²) >= 11 is 3.13. The van der Waals surface area contributed by atoms with E-state index in [-0.39, 0.29) is 12.3 Å². The van der Waals surface area contributed by atoms with Crippen molar-refractivity contribution < 1.29 is 13.5 Å². The molecule has 13 heavy (non-hydrogen) atoms. The van der Waals surface area contributed by atoms with E-state index in [0.717, 1.165) is 5.56 Å². The van der Waals surface area contributed by atoms with Crippen molar-refractivity contribution in [2.24, 2.45) is 5.73 Å². The molecule has 0 saturated heterocycles. The number of halogens is 3. The van der Waals surface area contributed by atoms with Gasteiger partial charge in [0.2, 0.25) is 0 Å². The van der Waals surface area contributed by atoms with Gasteiger partial charge in [-0.3, -0.25) is 0 Å². The van der Waals surface area contributed by atoms with Crippen LogP contribution in [-0.4, -0.2) is 6.61 Å². The van der Waals surface area contributed by atoms with Gasteiger partial charge in [0.15, 0.2) is 0 Å². The third-order valence-electron chi connectivity index (χ3n) is 1.48. The topological polar surface area (TPSA) is 35.2 Å². The number of rotatable bonds is 3. The lowest BCUT2D eigenvalue weighted by Crippen LogP contribution is -2.04. The SMILES string of the molecule is NCc1cccc(OC(F)F)c1Br. The van der Waals surface area contributed by atoms with Crippen LogP contribution in [0.2, 0.25) is 0 Å². The molecule has 0 spiro atoms. The highest BCUT2D eigenvalue weighted by Crippen LogP contribution is 2.29. The zero-order valence-electron chi connectivity index (χ0n) is 6.64. The Balaban J connectivity index is 2.94. The first-order valence-corrected chi connectivity index (χ1v) is 4.36. The van der Waals surface area contributed by atoms with Crippen molar-refractivity contribution in [2.45, 2.75) is 13.2 Å². The molecule has 5 heteroatoms. The van der Waals surface area contributed by atoms with E-state index >= 15 is 0 Å². The third kappa shape index (κ3) is 2.63. The summed E-state index contributed by atoms with van der Waals surface area (Å²) in [6, 6.07) is 4.81. The Hall–Kier alpha value is -0.680. The van der Waals surface area contributed by atoms with E-state index in [9.17, 15) is 8.78 Å². The molecule has 1 rings (SSSR count). The minimum Gasteiger partial charge on any atom is -0.434 e. The normalized spacial score (nSPS) is 10.5. The monoisotopic (exact) mass is 251 g/mol. The Morgan fingerprint density at radius 2 is 2.15 bits per heavy atom. The smallest absolute Gasteiger partial charge is 0.387 e. The number of hydrogen-bond acceptors (Lipinski definition) is 2. The van der Waals surface area contributed by atoms with Crippen molar-refractivity contribution in [3.05, 3.63) is 28.2 Å². The summed E-state index contributed by atoms with van der Waals surface area (Å²) in [6.45, 7) is -2.54. The first kappa shape index (κ1) is 10.4. The average Bonchev–Trinajstić information content (AvgIpc) is 2.08. The zero-order valence-corrected chi connectivity index (χ0v) is 8.22. The van der Waals surface area contributed by atoms with Crippen LogP contribution in [-0.2, 0) is 6.54 Å². The lowest BCUT2D eigenvalue weighted by Gasteiger charge is -2.08. The molecule has 0 aliphatic rings. The maximum atomic E-state index is 11.9. The molecule has 0 bridgehead atoms. The van der Waals surface area contributed by atoms with E-state index < -0.39 is 6.61 Å². The summed E-state index contributed by atoms with van der Waals surface area (Å²) in [6.07, 6.45) is 0. The number of ether oxygens (including phenoxy) is 1. The fourth-order valence-electron chi connectivity index (χ4n) is 0.901. The van der Waals surface area contributed by atoms with Gasteiger partial charge in [0.25, 0.3) is 0 Å². The maximum absolute atomic E-state index is 11.9. The minimum atomic E-state index is -2.82. The van der Waals surface area contributed by atoms with E-state index in [1.807, 2.05) is 0 Å². The fraction of sp³-hybridized carbons (Fsp3) is 0.250. The van der Waals surface area contributed by atoms with Gasteiger partial charge in [0.05, 0.1) is 4.47 Å². The lowest BCUT2D eigenvalue weighted by molar-refractivity contribution is -0.0503. The number of hydrogen-bond donors (Lipinski definition) is 1. The number of benzene rings is 1. The van der Waals surface area contributed by atoms with E-state index in [1.54, 1.807) is 12.1 Å². The van der Waals surface area contributed by atoms with Crippen molar-refractivity contribution in [1.82, 2.24) is 0 Å². The fourth-order valence-corrected chi connectivity index (χ4v) is 1.42. The summed E-state index contributed by atoms with van der Waals surface area (Å²) in [5.41, 5.74) is 6.11. The standard InChI is InChI=1S/C8H8BrF2NO/c9-7-5(4-12)2-1-3-6(7)13-8(10)11/h1-3,8H,4,12H2. The van der Waals surface area contributed by atoms with Gasteiger partial charge in [0.1, 0.15) is 5.75 Å². The second kappa shape index (κ2) is 4.53. The lowest BCUT2D eigenvalue weighted by atomic mass is 10.2. The summed E-state index contributed by atoms with van der Waals surface area (Å²) in [4.78, 5) is 0. The largest absolute Gasteiger partial charge is 0.434 e. The van der Waals surface area contributed by atoms with Crippen LogP contribution >= 0.6 is 15.9 Å². The van der Waals surface area contributed by atoms with Crippen LogP contribution < -0.4 is 10.5 Å². The molecule has 0 aliphatic heterocycles. The Morgan fingerprint density at radius 3 is 2.69 bits per heavy atom. The molecule has 0 fully saturated rings. The van der Waals surface area contributed by atoms with Crippen molar-refractivity contribution in [3.8, 4) is 5.75 Å². The molecule has 1 aromatic rings. The van der Waals surface area contributed by atoms with Gasteiger partial charge >= 0.3 is 6.61 Å². The Bertz CT molecular complexity index is 293. The van der Waals surface area contributed by atoms with E-state index in [4.69, 9.17) is 5.73 Å². The van der Waals surface area contributed by atoms with Gasteiger partial charge in [0, 0.05) is 6.54 Å². The van der Waals surface area contributed by atoms with Crippen LogP contribution in [0.5, 0.6) is 5.75 Å². The second-order valence-corrected chi connectivity index (χ2v) is 3.10. The highest BCUT2D eigenvalue weighted by atomic mass is 79.9. The van der Waals surface area contributed by atoms with Crippen molar-refractivity contribution in [2.75, 3.05) is 0 Å². The molecule has 2 nitrogen and oxygen atoms in total. The second-order valence-electron chi connectivity index (χ2n) is 2.31. The maximum Gasteiger partial charge on any atom is 0.387 e. The molecular formula is C8H8BrF2NO. The molecule has 0 amide bonds. The van der Waals surface area contributed by atoms with Gasteiger partial charge in [-0.15, -0.1) is 0 Å². The van der Waals surface area contributed by atoms with Gasteiger partial charge in [-0.25, -0.2) is 0 Å². The van der Waals surface area contributed by atoms with Crippen molar-refractivity contribution >= 4 is 15.9 Å². The summed E-state index contributed by atoms with van der Waals surface area (Å²) < 4.78 is 28.5. The number of alkyl halides is 2. The zero-order chi connectivity index (χ0) is 9.84. The Labute approximate surface area is 82.8 Å². The Morgan fingerprint density at radius 1 is 1.46 bits per heavy atom. The minimum absolute atomic E-state index is 0.109. The van der Waals surface area contributed by atoms with Gasteiger partial charge < -0.3 is 10.5 Å². The predicted octanol–water partition coefficient (Wildman–Crippen LogP) is 2.51. The highest BCUT2D eigenvalue weighted by molar-refractivity contribution is 9.10. The Kier molecular flexibility index (Phi) is 3.62. The molecule has 0 aliphatic carbocycles. The summed E-state index contributed by atoms with van der Waals surface area (Å²) in [7, 11) is 0. The van der Waals surface area contributed by atoms with Gasteiger partial charge in [-0.05, 0) is 27.6 Å². The van der Waals surface area contributed by atoms with Crippen LogP contribution in [0.15, 0.2) is 22.7 Å². The van der Waals surface area contributed by atoms with Gasteiger partial charge in [-0.2, -0.15) is 8.78 Å². The molecule has 0 saturated carbocycles. The van der Waals surface area contributed by atoms with Crippen molar-refractivity contribution in [1.29, 1.82) is 0 Å². The molecular weight excluding hydrogens is 244 g/mol. The third-order valence-corrected chi connectivity index (χ3v) is 2.38. The molecule has 0 atom stereocenters. The van der Waals surface area contributed by atoms with Crippen LogP contribution in [0.1, 0.15) is 5.56 Å². The summed E-state index contributed by atoms with van der Waals surface area (Å²) in [5, 5.41) is 0. The molecule has 72 valence electrons.